The first-order chi connectivity index (χ1) is 9.25. The van der Waals surface area contributed by atoms with Crippen molar-refractivity contribution in [3.05, 3.63) is 71.4 Å². The van der Waals surface area contributed by atoms with Crippen LogP contribution >= 0.6 is 0 Å². The number of hydrogen-bond acceptors (Lipinski definition) is 0. The predicted molar refractivity (Wildman–Crippen MR) is 78.8 cm³/mol. The lowest BCUT2D eigenvalue weighted by molar-refractivity contribution is -0.426. The highest BCUT2D eigenvalue weighted by Gasteiger charge is 2.15. The number of fused-ring (bicyclic) bond motifs is 1. The lowest BCUT2D eigenvalue weighted by atomic mass is 9.98. The number of halogens is 1. The van der Waals surface area contributed by atoms with Gasteiger partial charge in [0.15, 0.2) is 0 Å². The van der Waals surface area contributed by atoms with Gasteiger partial charge in [0.1, 0.15) is 6.04 Å². The molecule has 1 atom stereocenters. The monoisotopic (exact) mass is 286 g/mol. The standard InChI is InChI=1S/C17H18N2.ClH/c1-12-15(14-9-5-6-10-17(14)19-12)11-16(18)13-7-3-2-4-8-13;/h2-10,16,19H,11,18H2,1H3;1H. The zero-order valence-corrected chi connectivity index (χ0v) is 12.3. The predicted octanol–water partition coefficient (Wildman–Crippen LogP) is 0.00602. The van der Waals surface area contributed by atoms with Gasteiger partial charge in [0.05, 0.1) is 0 Å². The summed E-state index contributed by atoms with van der Waals surface area (Å²) in [6, 6.07) is 19.3. The van der Waals surface area contributed by atoms with Gasteiger partial charge in [0.25, 0.3) is 0 Å². The molecule has 0 spiro atoms. The average molecular weight is 287 g/mol. The van der Waals surface area contributed by atoms with Gasteiger partial charge in [0.2, 0.25) is 0 Å². The molecule has 0 aliphatic carbocycles. The molecule has 2 nitrogen and oxygen atoms in total. The van der Waals surface area contributed by atoms with Crippen LogP contribution in [0.25, 0.3) is 10.9 Å². The van der Waals surface area contributed by atoms with E-state index in [9.17, 15) is 0 Å². The molecule has 20 heavy (non-hydrogen) atoms. The molecule has 3 heteroatoms. The van der Waals surface area contributed by atoms with Gasteiger partial charge in [-0.05, 0) is 18.6 Å². The maximum absolute atomic E-state index is 4.32. The molecule has 0 aliphatic heterocycles. The maximum atomic E-state index is 4.32. The quantitative estimate of drug-likeness (QED) is 0.681. The number of hydrogen-bond donors (Lipinski definition) is 2. The molecule has 0 amide bonds. The van der Waals surface area contributed by atoms with Crippen molar-refractivity contribution in [3.8, 4) is 0 Å². The van der Waals surface area contributed by atoms with Crippen LogP contribution in [0, 0.1) is 6.92 Å². The summed E-state index contributed by atoms with van der Waals surface area (Å²) < 4.78 is 0. The van der Waals surface area contributed by atoms with E-state index in [2.05, 4.69) is 66.2 Å². The van der Waals surface area contributed by atoms with Crippen LogP contribution in [0.15, 0.2) is 54.6 Å². The first kappa shape index (κ1) is 14.6. The molecule has 4 N–H and O–H groups in total. The minimum absolute atomic E-state index is 0. The van der Waals surface area contributed by atoms with Crippen molar-refractivity contribution in [2.45, 2.75) is 19.4 Å². The van der Waals surface area contributed by atoms with Crippen LogP contribution in [0.1, 0.15) is 22.9 Å². The molecule has 0 bridgehead atoms. The molecule has 1 unspecified atom stereocenters. The Morgan fingerprint density at radius 3 is 2.40 bits per heavy atom. The summed E-state index contributed by atoms with van der Waals surface area (Å²) >= 11 is 0. The topological polar surface area (TPSA) is 43.4 Å². The Morgan fingerprint density at radius 1 is 1.00 bits per heavy atom. The minimum Gasteiger partial charge on any atom is -1.00 e. The van der Waals surface area contributed by atoms with Gasteiger partial charge >= 0.3 is 0 Å². The smallest absolute Gasteiger partial charge is 0.114 e. The van der Waals surface area contributed by atoms with E-state index in [4.69, 9.17) is 0 Å². The van der Waals surface area contributed by atoms with Crippen LogP contribution in [-0.4, -0.2) is 4.98 Å². The fourth-order valence-electron chi connectivity index (χ4n) is 2.69. The molecule has 0 saturated carbocycles. The summed E-state index contributed by atoms with van der Waals surface area (Å²) in [4.78, 5) is 3.46. The molecule has 1 aromatic heterocycles. The fraction of sp³-hybridized carbons (Fsp3) is 0.176. The number of quaternary nitrogens is 1. The van der Waals surface area contributed by atoms with E-state index in [0.29, 0.717) is 6.04 Å². The van der Waals surface area contributed by atoms with Crippen LogP contribution in [0.4, 0.5) is 0 Å². The van der Waals surface area contributed by atoms with E-state index in [0.717, 1.165) is 6.42 Å². The third-order valence-corrected chi connectivity index (χ3v) is 3.75. The average Bonchev–Trinajstić information content (AvgIpc) is 2.76. The molecule has 0 saturated heterocycles. The van der Waals surface area contributed by atoms with Crippen molar-refractivity contribution in [1.82, 2.24) is 4.98 Å². The second-order valence-electron chi connectivity index (χ2n) is 5.09. The Morgan fingerprint density at radius 2 is 1.65 bits per heavy atom. The Labute approximate surface area is 125 Å². The van der Waals surface area contributed by atoms with E-state index in [1.165, 1.54) is 27.7 Å². The normalized spacial score (nSPS) is 12.1. The molecular weight excluding hydrogens is 268 g/mol. The summed E-state index contributed by atoms with van der Waals surface area (Å²) in [5.74, 6) is 0. The highest BCUT2D eigenvalue weighted by molar-refractivity contribution is 5.84. The molecular formula is C17H19ClN2. The van der Waals surface area contributed by atoms with E-state index in [1.54, 1.807) is 0 Å². The molecule has 104 valence electrons. The van der Waals surface area contributed by atoms with E-state index < -0.39 is 0 Å². The lowest BCUT2D eigenvalue weighted by Gasteiger charge is -2.09. The number of benzene rings is 2. The van der Waals surface area contributed by atoms with Gasteiger partial charge in [0, 0.05) is 28.6 Å². The Kier molecular flexibility index (Phi) is 4.48. The minimum atomic E-state index is 0. The maximum Gasteiger partial charge on any atom is 0.114 e. The van der Waals surface area contributed by atoms with Crippen LogP contribution in [0.2, 0.25) is 0 Å². The van der Waals surface area contributed by atoms with Gasteiger partial charge in [-0.25, -0.2) is 0 Å². The van der Waals surface area contributed by atoms with Crippen molar-refractivity contribution in [2.24, 2.45) is 0 Å². The van der Waals surface area contributed by atoms with Crippen molar-refractivity contribution in [2.75, 3.05) is 0 Å². The Hall–Kier alpha value is -1.77. The highest BCUT2D eigenvalue weighted by atomic mass is 35.5. The summed E-state index contributed by atoms with van der Waals surface area (Å²) in [6.45, 7) is 2.15. The Bertz CT molecular complexity index is 689. The third-order valence-electron chi connectivity index (χ3n) is 3.75. The molecule has 1 heterocycles. The molecule has 0 radical (unpaired) electrons. The van der Waals surface area contributed by atoms with Crippen LogP contribution in [0.5, 0.6) is 0 Å². The largest absolute Gasteiger partial charge is 1.00 e. The van der Waals surface area contributed by atoms with Gasteiger partial charge < -0.3 is 23.1 Å². The lowest BCUT2D eigenvalue weighted by Crippen LogP contribution is -3.00. The number of aromatic amines is 1. The number of para-hydroxylation sites is 1. The van der Waals surface area contributed by atoms with Crippen molar-refractivity contribution < 1.29 is 18.1 Å². The van der Waals surface area contributed by atoms with Crippen LogP contribution in [-0.2, 0) is 6.42 Å². The first-order valence-corrected chi connectivity index (χ1v) is 6.70. The number of aryl methyl sites for hydroxylation is 1. The number of H-pyrrole nitrogens is 1. The fourth-order valence-corrected chi connectivity index (χ4v) is 2.69. The van der Waals surface area contributed by atoms with Gasteiger partial charge in [-0.3, -0.25) is 0 Å². The van der Waals surface area contributed by atoms with Gasteiger partial charge in [-0.1, -0.05) is 48.5 Å². The first-order valence-electron chi connectivity index (χ1n) is 6.70. The molecule has 0 fully saturated rings. The van der Waals surface area contributed by atoms with Gasteiger partial charge in [-0.2, -0.15) is 0 Å². The van der Waals surface area contributed by atoms with Crippen molar-refractivity contribution in [1.29, 1.82) is 0 Å². The van der Waals surface area contributed by atoms with Crippen LogP contribution < -0.4 is 18.1 Å². The van der Waals surface area contributed by atoms with E-state index in [1.807, 2.05) is 6.07 Å². The summed E-state index contributed by atoms with van der Waals surface area (Å²) in [5.41, 5.74) is 9.48. The second-order valence-corrected chi connectivity index (χ2v) is 5.09. The van der Waals surface area contributed by atoms with Crippen LogP contribution in [0.3, 0.4) is 0 Å². The summed E-state index contributed by atoms with van der Waals surface area (Å²) in [5, 5.41) is 1.32. The zero-order valence-electron chi connectivity index (χ0n) is 11.6. The molecule has 3 aromatic rings. The molecule has 3 rings (SSSR count). The number of nitrogens with one attached hydrogen (secondary N) is 1. The van der Waals surface area contributed by atoms with E-state index in [-0.39, 0.29) is 12.4 Å². The second kappa shape index (κ2) is 6.12. The highest BCUT2D eigenvalue weighted by Crippen LogP contribution is 2.25. The Balaban J connectivity index is 0.00000147. The zero-order chi connectivity index (χ0) is 13.2. The number of rotatable bonds is 3. The third kappa shape index (κ3) is 2.72. The van der Waals surface area contributed by atoms with Crippen molar-refractivity contribution in [3.63, 3.8) is 0 Å². The SMILES string of the molecule is Cc1[nH]c2ccccc2c1CC([NH3+])c1ccccc1.[Cl-]. The molecule has 0 aliphatic rings. The number of aromatic nitrogens is 1. The van der Waals surface area contributed by atoms with Crippen molar-refractivity contribution >= 4 is 10.9 Å². The summed E-state index contributed by atoms with van der Waals surface area (Å²) in [6.07, 6.45) is 0.972. The summed E-state index contributed by atoms with van der Waals surface area (Å²) in [7, 11) is 0. The van der Waals surface area contributed by atoms with E-state index >= 15 is 0 Å². The molecule has 2 aromatic carbocycles. The van der Waals surface area contributed by atoms with Gasteiger partial charge in [-0.15, -0.1) is 0 Å².